The van der Waals surface area contributed by atoms with Crippen LogP contribution in [0, 0.1) is 0 Å². The molecule has 0 atom stereocenters. The maximum Gasteiger partial charge on any atom is 0.0402 e. The predicted octanol–water partition coefficient (Wildman–Crippen LogP) is 1.13. The van der Waals surface area contributed by atoms with Crippen LogP contribution in [0.15, 0.2) is 30.3 Å². The second kappa shape index (κ2) is 9.16. The average Bonchev–Trinajstić information content (AvgIpc) is 2.40. The Labute approximate surface area is 104 Å². The normalized spacial score (nSPS) is 16.1. The van der Waals surface area contributed by atoms with Gasteiger partial charge in [-0.1, -0.05) is 30.3 Å². The molecular weight excluding hydrogens is 212 g/mol. The van der Waals surface area contributed by atoms with E-state index in [1.165, 1.54) is 31.6 Å². The minimum Gasteiger partial charge on any atom is -0.397 e. The quantitative estimate of drug-likeness (QED) is 0.826. The molecule has 3 heteroatoms. The first-order chi connectivity index (χ1) is 8.36. The van der Waals surface area contributed by atoms with E-state index in [0.29, 0.717) is 0 Å². The van der Waals surface area contributed by atoms with E-state index in [0.717, 1.165) is 13.1 Å². The second-order valence-corrected chi connectivity index (χ2v) is 4.14. The molecule has 0 aromatic heterocycles. The molecule has 1 fully saturated rings. The molecule has 1 aromatic carbocycles. The molecule has 96 valence electrons. The lowest BCUT2D eigenvalue weighted by Gasteiger charge is -2.27. The maximum atomic E-state index is 7.57. The highest BCUT2D eigenvalue weighted by Crippen LogP contribution is 2.01. The van der Waals surface area contributed by atoms with Gasteiger partial charge in [-0.15, -0.1) is 0 Å². The molecule has 2 rings (SSSR count). The van der Waals surface area contributed by atoms with Crippen LogP contribution in [0.2, 0.25) is 0 Å². The van der Waals surface area contributed by atoms with E-state index >= 15 is 0 Å². The smallest absolute Gasteiger partial charge is 0.0402 e. The van der Waals surface area contributed by atoms with Gasteiger partial charge in [-0.3, -0.25) is 0 Å². The molecule has 1 saturated heterocycles. The Morgan fingerprint density at radius 1 is 1.18 bits per heavy atom. The highest BCUT2D eigenvalue weighted by Gasteiger charge is 2.08. The van der Waals surface area contributed by atoms with Crippen molar-refractivity contribution in [2.24, 2.45) is 0 Å². The minimum absolute atomic E-state index is 0.250. The molecule has 0 saturated carbocycles. The summed E-state index contributed by atoms with van der Waals surface area (Å²) in [5.74, 6) is 0. The van der Waals surface area contributed by atoms with Crippen LogP contribution in [0.5, 0.6) is 0 Å². The first kappa shape index (κ1) is 14.2. The number of nitrogens with one attached hydrogen (secondary N) is 1. The van der Waals surface area contributed by atoms with Gasteiger partial charge in [0.15, 0.2) is 0 Å². The summed E-state index contributed by atoms with van der Waals surface area (Å²) in [4.78, 5) is 2.53. The Morgan fingerprint density at radius 2 is 1.76 bits per heavy atom. The van der Waals surface area contributed by atoms with E-state index in [2.05, 4.69) is 40.5 Å². The summed E-state index contributed by atoms with van der Waals surface area (Å²) in [5.41, 5.74) is 1.45. The number of hydrogen-bond donors (Lipinski definition) is 2. The van der Waals surface area contributed by atoms with Gasteiger partial charge in [0.05, 0.1) is 0 Å². The fraction of sp³-hybridized carbons (Fsp3) is 0.571. The van der Waals surface area contributed by atoms with Crippen molar-refractivity contribution in [3.8, 4) is 0 Å². The van der Waals surface area contributed by atoms with Gasteiger partial charge in [0.1, 0.15) is 0 Å². The highest BCUT2D eigenvalue weighted by atomic mass is 16.2. The fourth-order valence-electron chi connectivity index (χ4n) is 1.87. The Bertz CT molecular complexity index is 271. The van der Waals surface area contributed by atoms with Gasteiger partial charge < -0.3 is 15.3 Å². The van der Waals surface area contributed by atoms with E-state index in [1.54, 1.807) is 6.92 Å². The van der Waals surface area contributed by atoms with Crippen molar-refractivity contribution in [1.82, 2.24) is 10.2 Å². The number of hydrogen-bond acceptors (Lipinski definition) is 3. The molecule has 1 aromatic rings. The third-order valence-electron chi connectivity index (χ3n) is 2.77. The number of nitrogens with zero attached hydrogens (tertiary/aromatic N) is 1. The average molecular weight is 236 g/mol. The van der Waals surface area contributed by atoms with Gasteiger partial charge in [-0.2, -0.15) is 0 Å². The lowest BCUT2D eigenvalue weighted by molar-refractivity contribution is 0.244. The van der Waals surface area contributed by atoms with Crippen LogP contribution < -0.4 is 5.32 Å². The number of benzene rings is 1. The molecule has 0 radical (unpaired) electrons. The van der Waals surface area contributed by atoms with Crippen molar-refractivity contribution in [3.63, 3.8) is 0 Å². The minimum atomic E-state index is 0.250. The standard InChI is InChI=1S/C12H18N2.C2H6O/c1-2-4-12(5-3-1)6-9-14-10-7-13-8-11-14;1-2-3/h1-5,13H,6-11H2;3H,2H2,1H3. The molecule has 0 bridgehead atoms. The molecule has 0 unspecified atom stereocenters. The number of aliphatic hydroxyl groups excluding tert-OH is 1. The predicted molar refractivity (Wildman–Crippen MR) is 72.2 cm³/mol. The Hall–Kier alpha value is -0.900. The SMILES string of the molecule is CCO.c1ccc(CCN2CCNCC2)cc1. The largest absolute Gasteiger partial charge is 0.397 e. The summed E-state index contributed by atoms with van der Waals surface area (Å²) in [6, 6.07) is 10.7. The van der Waals surface area contributed by atoms with Crippen molar-refractivity contribution in [1.29, 1.82) is 0 Å². The van der Waals surface area contributed by atoms with Crippen LogP contribution >= 0.6 is 0 Å². The topological polar surface area (TPSA) is 35.5 Å². The Kier molecular flexibility index (Phi) is 7.63. The van der Waals surface area contributed by atoms with Gasteiger partial charge in [0.25, 0.3) is 0 Å². The molecule has 17 heavy (non-hydrogen) atoms. The van der Waals surface area contributed by atoms with Crippen molar-refractivity contribution >= 4 is 0 Å². The van der Waals surface area contributed by atoms with Gasteiger partial charge in [0.2, 0.25) is 0 Å². The highest BCUT2D eigenvalue weighted by molar-refractivity contribution is 5.14. The van der Waals surface area contributed by atoms with E-state index < -0.39 is 0 Å². The van der Waals surface area contributed by atoms with Crippen LogP contribution in [0.4, 0.5) is 0 Å². The third-order valence-corrected chi connectivity index (χ3v) is 2.77. The van der Waals surface area contributed by atoms with Gasteiger partial charge in [-0.05, 0) is 18.9 Å². The van der Waals surface area contributed by atoms with Crippen LogP contribution in [0.3, 0.4) is 0 Å². The van der Waals surface area contributed by atoms with Gasteiger partial charge >= 0.3 is 0 Å². The lowest BCUT2D eigenvalue weighted by Crippen LogP contribution is -2.44. The molecular formula is C14H24N2O. The number of rotatable bonds is 3. The van der Waals surface area contributed by atoms with E-state index in [1.807, 2.05) is 0 Å². The molecule has 0 amide bonds. The molecule has 3 nitrogen and oxygen atoms in total. The van der Waals surface area contributed by atoms with Crippen LogP contribution in [0.1, 0.15) is 12.5 Å². The van der Waals surface area contributed by atoms with E-state index in [9.17, 15) is 0 Å². The molecule has 2 N–H and O–H groups in total. The summed E-state index contributed by atoms with van der Waals surface area (Å²) in [5, 5.41) is 10.9. The summed E-state index contributed by atoms with van der Waals surface area (Å²) in [6.45, 7) is 7.83. The zero-order chi connectivity index (χ0) is 12.3. The molecule has 1 aliphatic heterocycles. The fourth-order valence-corrected chi connectivity index (χ4v) is 1.87. The van der Waals surface area contributed by atoms with Crippen LogP contribution in [0.25, 0.3) is 0 Å². The van der Waals surface area contributed by atoms with E-state index in [4.69, 9.17) is 5.11 Å². The van der Waals surface area contributed by atoms with Crippen molar-refractivity contribution in [2.75, 3.05) is 39.3 Å². The molecule has 0 aliphatic carbocycles. The maximum absolute atomic E-state index is 7.57. The van der Waals surface area contributed by atoms with Gasteiger partial charge in [0, 0.05) is 39.3 Å². The summed E-state index contributed by atoms with van der Waals surface area (Å²) >= 11 is 0. The second-order valence-electron chi connectivity index (χ2n) is 4.14. The van der Waals surface area contributed by atoms with E-state index in [-0.39, 0.29) is 6.61 Å². The van der Waals surface area contributed by atoms with Gasteiger partial charge in [-0.25, -0.2) is 0 Å². The molecule has 1 heterocycles. The van der Waals surface area contributed by atoms with Crippen LogP contribution in [-0.4, -0.2) is 49.3 Å². The zero-order valence-electron chi connectivity index (χ0n) is 10.7. The number of aliphatic hydroxyl groups is 1. The summed E-state index contributed by atoms with van der Waals surface area (Å²) in [6.07, 6.45) is 1.18. The summed E-state index contributed by atoms with van der Waals surface area (Å²) < 4.78 is 0. The first-order valence-corrected chi connectivity index (χ1v) is 6.44. The van der Waals surface area contributed by atoms with Crippen molar-refractivity contribution < 1.29 is 5.11 Å². The molecule has 1 aliphatic rings. The van der Waals surface area contributed by atoms with Crippen molar-refractivity contribution in [3.05, 3.63) is 35.9 Å². The zero-order valence-corrected chi connectivity index (χ0v) is 10.7. The number of piperazine rings is 1. The van der Waals surface area contributed by atoms with Crippen molar-refractivity contribution in [2.45, 2.75) is 13.3 Å². The lowest BCUT2D eigenvalue weighted by atomic mass is 10.1. The first-order valence-electron chi connectivity index (χ1n) is 6.44. The third kappa shape index (κ3) is 6.41. The summed E-state index contributed by atoms with van der Waals surface area (Å²) in [7, 11) is 0. The van der Waals surface area contributed by atoms with Crippen LogP contribution in [-0.2, 0) is 6.42 Å². The monoisotopic (exact) mass is 236 g/mol. The Morgan fingerprint density at radius 3 is 2.35 bits per heavy atom. The molecule has 0 spiro atoms. The Balaban J connectivity index is 0.000000437.